The Morgan fingerprint density at radius 2 is 1.70 bits per heavy atom. The second kappa shape index (κ2) is 14.2. The van der Waals surface area contributed by atoms with Gasteiger partial charge < -0.3 is 14.1 Å². The molecule has 1 saturated heterocycles. The Hall–Kier alpha value is -2.86. The molecule has 0 bridgehead atoms. The highest BCUT2D eigenvalue weighted by molar-refractivity contribution is 5.73. The topological polar surface area (TPSA) is 64.7 Å². The Morgan fingerprint density at radius 3 is 2.59 bits per heavy atom. The third-order valence-corrected chi connectivity index (χ3v) is 7.68. The molecule has 1 atom stereocenters. The summed E-state index contributed by atoms with van der Waals surface area (Å²) in [6.45, 7) is 6.21. The van der Waals surface area contributed by atoms with Crippen molar-refractivity contribution in [2.24, 2.45) is 5.92 Å². The zero-order chi connectivity index (χ0) is 25.9. The number of esters is 1. The smallest absolute Gasteiger partial charge is 0.419 e. The molecule has 0 radical (unpaired) electrons. The van der Waals surface area contributed by atoms with Crippen LogP contribution in [0.1, 0.15) is 76.2 Å². The second-order valence-electron chi connectivity index (χ2n) is 10.5. The summed E-state index contributed by atoms with van der Waals surface area (Å²) < 4.78 is 12.6. The fourth-order valence-corrected chi connectivity index (χ4v) is 5.47. The number of oxazole rings is 1. The Morgan fingerprint density at radius 1 is 0.919 bits per heavy atom. The van der Waals surface area contributed by atoms with Crippen LogP contribution >= 0.6 is 0 Å². The van der Waals surface area contributed by atoms with Crippen LogP contribution < -0.4 is 10.5 Å². The summed E-state index contributed by atoms with van der Waals surface area (Å²) in [4.78, 5) is 26.8. The highest BCUT2D eigenvalue weighted by Crippen LogP contribution is 2.24. The standard InChI is InChI=1S/C31H42N2O4/c1-25-13-6-8-17-28(25)36-30(34)19-5-3-10-21-32-22-12-15-26(20-24-32)14-4-2-11-23-33-27-16-7-9-18-29(27)37-31(33)35/h6-9,13,16-18,26H,2-5,10-12,14-15,19-24H2,1H3. The van der Waals surface area contributed by atoms with Gasteiger partial charge in [-0.15, -0.1) is 0 Å². The molecule has 200 valence electrons. The van der Waals surface area contributed by atoms with Crippen molar-refractivity contribution in [2.75, 3.05) is 19.6 Å². The van der Waals surface area contributed by atoms with Crippen LogP contribution in [0.3, 0.4) is 0 Å². The van der Waals surface area contributed by atoms with Crippen molar-refractivity contribution >= 4 is 17.1 Å². The van der Waals surface area contributed by atoms with E-state index in [4.69, 9.17) is 9.15 Å². The number of carbonyl (C=O) groups is 1. The predicted molar refractivity (Wildman–Crippen MR) is 148 cm³/mol. The van der Waals surface area contributed by atoms with Crippen molar-refractivity contribution in [3.63, 3.8) is 0 Å². The fourth-order valence-electron chi connectivity index (χ4n) is 5.47. The van der Waals surface area contributed by atoms with E-state index in [-0.39, 0.29) is 11.7 Å². The number of unbranched alkanes of at least 4 members (excludes halogenated alkanes) is 4. The van der Waals surface area contributed by atoms with E-state index in [9.17, 15) is 9.59 Å². The molecule has 0 N–H and O–H groups in total. The van der Waals surface area contributed by atoms with E-state index >= 15 is 0 Å². The molecule has 1 aliphatic rings. The SMILES string of the molecule is Cc1ccccc1OC(=O)CCCCCN1CCCC(CCCCCn2c(=O)oc3ccccc32)CC1. The number of likely N-dealkylation sites (tertiary alicyclic amines) is 1. The summed E-state index contributed by atoms with van der Waals surface area (Å²) in [7, 11) is 0. The van der Waals surface area contributed by atoms with Crippen LogP contribution in [-0.2, 0) is 11.3 Å². The van der Waals surface area contributed by atoms with Crippen LogP contribution in [0.2, 0.25) is 0 Å². The van der Waals surface area contributed by atoms with E-state index in [1.807, 2.05) is 55.5 Å². The summed E-state index contributed by atoms with van der Waals surface area (Å²) in [5.74, 6) is 1.12. The number of aryl methyl sites for hydroxylation is 2. The maximum absolute atomic E-state index is 12.1. The number of benzene rings is 2. The molecule has 2 heterocycles. The third kappa shape index (κ3) is 8.32. The maximum atomic E-state index is 12.1. The van der Waals surface area contributed by atoms with Gasteiger partial charge in [-0.2, -0.15) is 0 Å². The van der Waals surface area contributed by atoms with E-state index in [1.54, 1.807) is 4.57 Å². The van der Waals surface area contributed by atoms with Gasteiger partial charge in [-0.3, -0.25) is 9.36 Å². The van der Waals surface area contributed by atoms with Crippen LogP contribution in [0, 0.1) is 12.8 Å². The molecule has 0 amide bonds. The average Bonchev–Trinajstić information content (AvgIpc) is 3.05. The highest BCUT2D eigenvalue weighted by Gasteiger charge is 2.17. The minimum absolute atomic E-state index is 0.128. The first-order valence-corrected chi connectivity index (χ1v) is 14.2. The van der Waals surface area contributed by atoms with E-state index < -0.39 is 0 Å². The monoisotopic (exact) mass is 506 g/mol. The first kappa shape index (κ1) is 27.2. The minimum Gasteiger partial charge on any atom is -0.426 e. The summed E-state index contributed by atoms with van der Waals surface area (Å²) >= 11 is 0. The fraction of sp³-hybridized carbons (Fsp3) is 0.548. The molecule has 0 aliphatic carbocycles. The van der Waals surface area contributed by atoms with E-state index in [1.165, 1.54) is 45.2 Å². The van der Waals surface area contributed by atoms with Crippen molar-refractivity contribution in [3.8, 4) is 5.75 Å². The van der Waals surface area contributed by atoms with Crippen LogP contribution in [0.5, 0.6) is 5.75 Å². The zero-order valence-electron chi connectivity index (χ0n) is 22.3. The van der Waals surface area contributed by atoms with Crippen molar-refractivity contribution in [1.82, 2.24) is 9.47 Å². The molecule has 1 unspecified atom stereocenters. The lowest BCUT2D eigenvalue weighted by Gasteiger charge is -2.20. The van der Waals surface area contributed by atoms with Crippen molar-refractivity contribution in [3.05, 3.63) is 64.6 Å². The maximum Gasteiger partial charge on any atom is 0.419 e. The molecule has 6 heteroatoms. The van der Waals surface area contributed by atoms with Gasteiger partial charge in [0.2, 0.25) is 0 Å². The van der Waals surface area contributed by atoms with Gasteiger partial charge in [0.15, 0.2) is 5.58 Å². The Labute approximate surface area is 220 Å². The largest absolute Gasteiger partial charge is 0.426 e. The molecular formula is C31H42N2O4. The van der Waals surface area contributed by atoms with Gasteiger partial charge in [0.05, 0.1) is 5.52 Å². The molecule has 0 saturated carbocycles. The molecule has 2 aromatic carbocycles. The van der Waals surface area contributed by atoms with E-state index in [2.05, 4.69) is 4.90 Å². The molecule has 0 spiro atoms. The van der Waals surface area contributed by atoms with Crippen molar-refractivity contribution in [1.29, 1.82) is 0 Å². The Balaban J connectivity index is 1.05. The lowest BCUT2D eigenvalue weighted by atomic mass is 9.94. The van der Waals surface area contributed by atoms with Crippen molar-refractivity contribution < 1.29 is 13.9 Å². The number of fused-ring (bicyclic) bond motifs is 1. The summed E-state index contributed by atoms with van der Waals surface area (Å²) in [6, 6.07) is 15.3. The lowest BCUT2D eigenvalue weighted by Crippen LogP contribution is -2.26. The number of para-hydroxylation sites is 3. The normalized spacial score (nSPS) is 16.6. The van der Waals surface area contributed by atoms with Gasteiger partial charge in [-0.25, -0.2) is 4.79 Å². The minimum atomic E-state index is -0.243. The van der Waals surface area contributed by atoms with Gasteiger partial charge >= 0.3 is 11.7 Å². The molecule has 37 heavy (non-hydrogen) atoms. The third-order valence-electron chi connectivity index (χ3n) is 7.68. The zero-order valence-corrected chi connectivity index (χ0v) is 22.3. The van der Waals surface area contributed by atoms with Crippen molar-refractivity contribution in [2.45, 2.75) is 84.1 Å². The molecule has 4 rings (SSSR count). The Bertz CT molecular complexity index is 1180. The van der Waals surface area contributed by atoms with E-state index in [0.717, 1.165) is 62.2 Å². The Kier molecular flexibility index (Phi) is 10.4. The van der Waals surface area contributed by atoms with Crippen LogP contribution in [0.15, 0.2) is 57.7 Å². The number of ether oxygens (including phenoxy) is 1. The summed E-state index contributed by atoms with van der Waals surface area (Å²) in [5, 5.41) is 0. The highest BCUT2D eigenvalue weighted by atomic mass is 16.5. The van der Waals surface area contributed by atoms with Gasteiger partial charge in [-0.05, 0) is 94.8 Å². The second-order valence-corrected chi connectivity index (χ2v) is 10.5. The first-order chi connectivity index (χ1) is 18.1. The molecule has 6 nitrogen and oxygen atoms in total. The average molecular weight is 507 g/mol. The van der Waals surface area contributed by atoms with E-state index in [0.29, 0.717) is 17.8 Å². The van der Waals surface area contributed by atoms with Gasteiger partial charge in [0.25, 0.3) is 0 Å². The van der Waals surface area contributed by atoms with Gasteiger partial charge in [-0.1, -0.05) is 56.0 Å². The quantitative estimate of drug-likeness (QED) is 0.146. The van der Waals surface area contributed by atoms with Crippen LogP contribution in [0.4, 0.5) is 0 Å². The van der Waals surface area contributed by atoms with Gasteiger partial charge in [0.1, 0.15) is 5.75 Å². The summed E-state index contributed by atoms with van der Waals surface area (Å²) in [5.41, 5.74) is 2.57. The number of rotatable bonds is 13. The van der Waals surface area contributed by atoms with Crippen LogP contribution in [0.25, 0.3) is 11.1 Å². The predicted octanol–water partition coefficient (Wildman–Crippen LogP) is 6.73. The summed E-state index contributed by atoms with van der Waals surface area (Å²) in [6.07, 6.45) is 12.2. The first-order valence-electron chi connectivity index (χ1n) is 14.2. The van der Waals surface area contributed by atoms with Crippen LogP contribution in [-0.4, -0.2) is 35.1 Å². The molecule has 3 aromatic rings. The molecular weight excluding hydrogens is 464 g/mol. The van der Waals surface area contributed by atoms with Gasteiger partial charge in [0, 0.05) is 13.0 Å². The number of nitrogens with zero attached hydrogens (tertiary/aromatic N) is 2. The lowest BCUT2D eigenvalue weighted by molar-refractivity contribution is -0.134. The molecule has 1 aromatic heterocycles. The molecule has 1 aliphatic heterocycles. The number of aromatic nitrogens is 1. The molecule has 1 fully saturated rings. The number of hydrogen-bond acceptors (Lipinski definition) is 5. The number of carbonyl (C=O) groups excluding carboxylic acids is 1. The number of hydrogen-bond donors (Lipinski definition) is 0.